The van der Waals surface area contributed by atoms with Gasteiger partial charge in [-0.15, -0.1) is 0 Å². The summed E-state index contributed by atoms with van der Waals surface area (Å²) in [4.78, 5) is 29.1. The SMILES string of the molecule is CCC(c1cc2c(Br)c(C)nn2c(=O)n1Cc1ccccc1)N(CCCN)C(=O)c1ccc(F)cc1. The molecule has 1 amide bonds. The highest BCUT2D eigenvalue weighted by atomic mass is 79.9. The van der Waals surface area contributed by atoms with E-state index in [9.17, 15) is 14.0 Å². The Morgan fingerprint density at radius 3 is 2.50 bits per heavy atom. The number of carbonyl (C=O) groups is 1. The summed E-state index contributed by atoms with van der Waals surface area (Å²) in [5.74, 6) is -0.646. The molecule has 0 saturated carbocycles. The number of benzene rings is 2. The van der Waals surface area contributed by atoms with Crippen LogP contribution in [0.1, 0.15) is 53.1 Å². The van der Waals surface area contributed by atoms with Crippen LogP contribution < -0.4 is 11.4 Å². The minimum atomic E-state index is -0.419. The van der Waals surface area contributed by atoms with E-state index in [0.717, 1.165) is 10.0 Å². The molecule has 2 heterocycles. The summed E-state index contributed by atoms with van der Waals surface area (Å²) in [5, 5.41) is 4.43. The maximum Gasteiger partial charge on any atom is 0.349 e. The summed E-state index contributed by atoms with van der Waals surface area (Å²) in [6.45, 7) is 4.95. The van der Waals surface area contributed by atoms with Gasteiger partial charge in [-0.2, -0.15) is 9.61 Å². The van der Waals surface area contributed by atoms with Crippen LogP contribution >= 0.6 is 15.9 Å². The fourth-order valence-corrected chi connectivity index (χ4v) is 4.81. The number of hydrogen-bond acceptors (Lipinski definition) is 4. The van der Waals surface area contributed by atoms with Crippen LogP contribution in [-0.4, -0.2) is 38.1 Å². The summed E-state index contributed by atoms with van der Waals surface area (Å²) >= 11 is 3.57. The monoisotopic (exact) mass is 553 g/mol. The van der Waals surface area contributed by atoms with Gasteiger partial charge in [-0.3, -0.25) is 9.36 Å². The van der Waals surface area contributed by atoms with Gasteiger partial charge >= 0.3 is 5.69 Å². The van der Waals surface area contributed by atoms with Gasteiger partial charge in [0.25, 0.3) is 5.91 Å². The number of amides is 1. The van der Waals surface area contributed by atoms with Crippen molar-refractivity contribution in [2.75, 3.05) is 13.1 Å². The standard InChI is InChI=1S/C27H29BrFN5O2/c1-3-22(32(15-7-14-30)26(35)20-10-12-21(29)13-11-20)23-16-24-25(28)18(2)31-34(24)27(36)33(23)17-19-8-5-4-6-9-19/h4-6,8-13,16,22H,3,7,14-15,17,30H2,1-2H3. The second-order valence-electron chi connectivity index (χ2n) is 8.69. The van der Waals surface area contributed by atoms with Gasteiger partial charge in [0.15, 0.2) is 0 Å². The minimum Gasteiger partial charge on any atom is -0.330 e. The predicted octanol–water partition coefficient (Wildman–Crippen LogP) is 4.70. The minimum absolute atomic E-state index is 0.238. The summed E-state index contributed by atoms with van der Waals surface area (Å²) in [7, 11) is 0. The zero-order valence-electron chi connectivity index (χ0n) is 20.3. The van der Waals surface area contributed by atoms with Gasteiger partial charge in [-0.25, -0.2) is 9.18 Å². The van der Waals surface area contributed by atoms with Gasteiger partial charge < -0.3 is 10.6 Å². The van der Waals surface area contributed by atoms with Crippen molar-refractivity contribution in [1.29, 1.82) is 0 Å². The van der Waals surface area contributed by atoms with Gasteiger partial charge in [0.1, 0.15) is 5.82 Å². The van der Waals surface area contributed by atoms with Gasteiger partial charge in [0.05, 0.1) is 28.3 Å². The Morgan fingerprint density at radius 1 is 1.17 bits per heavy atom. The second kappa shape index (κ2) is 11.2. The van der Waals surface area contributed by atoms with Crippen LogP contribution in [0.25, 0.3) is 5.52 Å². The van der Waals surface area contributed by atoms with Gasteiger partial charge in [-0.05, 0) is 78.1 Å². The Bertz CT molecular complexity index is 1420. The maximum absolute atomic E-state index is 13.7. The van der Waals surface area contributed by atoms with E-state index in [1.807, 2.05) is 50.2 Å². The third-order valence-corrected chi connectivity index (χ3v) is 7.25. The highest BCUT2D eigenvalue weighted by molar-refractivity contribution is 9.10. The topological polar surface area (TPSA) is 85.6 Å². The molecular formula is C27H29BrFN5O2. The molecule has 2 aromatic carbocycles. The number of nitrogens with two attached hydrogens (primary N) is 1. The Balaban J connectivity index is 1.90. The van der Waals surface area contributed by atoms with Crippen molar-refractivity contribution in [3.05, 3.63) is 104 Å². The fourth-order valence-electron chi connectivity index (χ4n) is 4.45. The normalized spacial score (nSPS) is 12.1. The lowest BCUT2D eigenvalue weighted by Gasteiger charge is -2.33. The van der Waals surface area contributed by atoms with Crippen molar-refractivity contribution in [2.45, 2.75) is 39.3 Å². The molecule has 4 rings (SSSR count). The first-order valence-electron chi connectivity index (χ1n) is 11.9. The third-order valence-electron chi connectivity index (χ3n) is 6.27. The van der Waals surface area contributed by atoms with Crippen LogP contribution in [0.2, 0.25) is 0 Å². The first-order valence-corrected chi connectivity index (χ1v) is 12.7. The molecule has 188 valence electrons. The average molecular weight is 554 g/mol. The van der Waals surface area contributed by atoms with Gasteiger partial charge in [0, 0.05) is 17.8 Å². The van der Waals surface area contributed by atoms with E-state index in [1.165, 1.54) is 28.8 Å². The fraction of sp³-hybridized carbons (Fsp3) is 0.296. The van der Waals surface area contributed by atoms with E-state index >= 15 is 0 Å². The average Bonchev–Trinajstić information content (AvgIpc) is 3.18. The van der Waals surface area contributed by atoms with E-state index in [1.54, 1.807) is 9.47 Å². The van der Waals surface area contributed by atoms with Crippen molar-refractivity contribution in [1.82, 2.24) is 19.1 Å². The highest BCUT2D eigenvalue weighted by Gasteiger charge is 2.29. The largest absolute Gasteiger partial charge is 0.349 e. The highest BCUT2D eigenvalue weighted by Crippen LogP contribution is 2.30. The molecule has 0 aliphatic carbocycles. The van der Waals surface area contributed by atoms with Crippen LogP contribution in [0, 0.1) is 12.7 Å². The zero-order chi connectivity index (χ0) is 25.8. The summed E-state index contributed by atoms with van der Waals surface area (Å²) in [6.07, 6.45) is 1.15. The summed E-state index contributed by atoms with van der Waals surface area (Å²) < 4.78 is 17.4. The van der Waals surface area contributed by atoms with Gasteiger partial charge in [0.2, 0.25) is 0 Å². The molecule has 0 aliphatic heterocycles. The summed E-state index contributed by atoms with van der Waals surface area (Å²) in [5.41, 5.74) is 8.90. The Kier molecular flexibility index (Phi) is 8.01. The lowest BCUT2D eigenvalue weighted by molar-refractivity contribution is 0.0660. The number of aromatic nitrogens is 3. The molecule has 0 saturated heterocycles. The molecule has 0 fully saturated rings. The molecule has 0 aliphatic rings. The molecule has 2 aromatic heterocycles. The predicted molar refractivity (Wildman–Crippen MR) is 142 cm³/mol. The molecule has 7 nitrogen and oxygen atoms in total. The molecule has 0 spiro atoms. The first-order chi connectivity index (χ1) is 17.3. The van der Waals surface area contributed by atoms with E-state index in [0.29, 0.717) is 54.9 Å². The molecule has 1 atom stereocenters. The molecular weight excluding hydrogens is 525 g/mol. The molecule has 0 bridgehead atoms. The number of fused-ring (bicyclic) bond motifs is 1. The van der Waals surface area contributed by atoms with Crippen molar-refractivity contribution in [2.24, 2.45) is 5.73 Å². The Labute approximate surface area is 217 Å². The molecule has 0 radical (unpaired) electrons. The number of nitrogens with zero attached hydrogens (tertiary/aromatic N) is 4. The molecule has 2 N–H and O–H groups in total. The molecule has 36 heavy (non-hydrogen) atoms. The number of aryl methyl sites for hydroxylation is 1. The van der Waals surface area contributed by atoms with Crippen molar-refractivity contribution >= 4 is 27.4 Å². The smallest absolute Gasteiger partial charge is 0.330 e. The quantitative estimate of drug-likeness (QED) is 0.325. The number of hydrogen-bond donors (Lipinski definition) is 1. The van der Waals surface area contributed by atoms with E-state index in [2.05, 4.69) is 21.0 Å². The number of carbonyl (C=O) groups excluding carboxylic acids is 1. The number of rotatable bonds is 9. The lowest BCUT2D eigenvalue weighted by Crippen LogP contribution is -2.40. The van der Waals surface area contributed by atoms with E-state index in [4.69, 9.17) is 5.73 Å². The maximum atomic E-state index is 13.7. The van der Waals surface area contributed by atoms with Gasteiger partial charge in [-0.1, -0.05) is 37.3 Å². The third kappa shape index (κ3) is 5.12. The van der Waals surface area contributed by atoms with Crippen LogP contribution in [0.3, 0.4) is 0 Å². The van der Waals surface area contributed by atoms with Crippen molar-refractivity contribution < 1.29 is 9.18 Å². The Morgan fingerprint density at radius 2 is 1.86 bits per heavy atom. The van der Waals surface area contributed by atoms with Crippen LogP contribution in [0.15, 0.2) is 69.9 Å². The summed E-state index contributed by atoms with van der Waals surface area (Å²) in [6, 6.07) is 16.7. The second-order valence-corrected chi connectivity index (χ2v) is 9.48. The van der Waals surface area contributed by atoms with E-state index < -0.39 is 11.9 Å². The van der Waals surface area contributed by atoms with Crippen molar-refractivity contribution in [3.63, 3.8) is 0 Å². The number of halogens is 2. The molecule has 4 aromatic rings. The first kappa shape index (κ1) is 25.8. The zero-order valence-corrected chi connectivity index (χ0v) is 21.9. The van der Waals surface area contributed by atoms with Crippen LogP contribution in [0.5, 0.6) is 0 Å². The van der Waals surface area contributed by atoms with Crippen molar-refractivity contribution in [3.8, 4) is 0 Å². The van der Waals surface area contributed by atoms with Crippen LogP contribution in [0.4, 0.5) is 4.39 Å². The molecule has 1 unspecified atom stereocenters. The Hall–Kier alpha value is -3.30. The lowest BCUT2D eigenvalue weighted by atomic mass is 10.0. The molecule has 9 heteroatoms. The van der Waals surface area contributed by atoms with Crippen LogP contribution in [-0.2, 0) is 6.54 Å². The van der Waals surface area contributed by atoms with E-state index in [-0.39, 0.29) is 11.6 Å².